The quantitative estimate of drug-likeness (QED) is 0.923. The molecule has 0 fully saturated rings. The Balaban J connectivity index is 2.39. The van der Waals surface area contributed by atoms with Crippen LogP contribution in [0.1, 0.15) is 56.0 Å². The molecule has 0 aliphatic rings. The average molecular weight is 297 g/mol. The molecule has 0 aliphatic heterocycles. The van der Waals surface area contributed by atoms with Crippen molar-refractivity contribution in [2.75, 3.05) is 0 Å². The van der Waals surface area contributed by atoms with Gasteiger partial charge in [-0.15, -0.1) is 0 Å². The molecule has 2 heterocycles. The van der Waals surface area contributed by atoms with Crippen LogP contribution in [0.4, 0.5) is 0 Å². The molecule has 0 radical (unpaired) electrons. The summed E-state index contributed by atoms with van der Waals surface area (Å²) in [6.45, 7) is 7.00. The zero-order chi connectivity index (χ0) is 14.9. The van der Waals surface area contributed by atoms with Crippen LogP contribution in [-0.4, -0.2) is 24.7 Å². The molecule has 1 unspecified atom stereocenters. The number of rotatable bonds is 5. The molecule has 0 aromatic carbocycles. The minimum atomic E-state index is -0.792. The monoisotopic (exact) mass is 296 g/mol. The second kappa shape index (κ2) is 5.97. The van der Waals surface area contributed by atoms with Crippen molar-refractivity contribution in [3.8, 4) is 0 Å². The van der Waals surface area contributed by atoms with E-state index in [1.807, 2.05) is 24.7 Å². The van der Waals surface area contributed by atoms with Crippen LogP contribution in [0, 0.1) is 0 Å². The van der Waals surface area contributed by atoms with E-state index >= 15 is 0 Å². The number of halogens is 1. The Morgan fingerprint density at radius 3 is 2.70 bits per heavy atom. The van der Waals surface area contributed by atoms with E-state index < -0.39 is 6.10 Å². The molecule has 1 N–H and O–H groups in total. The molecule has 2 aromatic heterocycles. The first-order valence-electron chi connectivity index (χ1n) is 6.88. The van der Waals surface area contributed by atoms with Crippen LogP contribution >= 0.6 is 11.6 Å². The third-order valence-electron chi connectivity index (χ3n) is 3.28. The molecule has 0 saturated carbocycles. The first-order valence-corrected chi connectivity index (χ1v) is 7.26. The van der Waals surface area contributed by atoms with Crippen LogP contribution in [0.2, 0.25) is 5.15 Å². The Bertz CT molecular complexity index is 588. The number of aliphatic hydroxyl groups is 1. The number of hydrogen-bond acceptors (Lipinski definition) is 3. The molecule has 1 atom stereocenters. The Labute approximate surface area is 124 Å². The van der Waals surface area contributed by atoms with Crippen LogP contribution in [-0.2, 0) is 13.6 Å². The Morgan fingerprint density at radius 2 is 2.10 bits per heavy atom. The number of nitrogens with zero attached hydrogens (tertiary/aromatic N) is 4. The van der Waals surface area contributed by atoms with Crippen molar-refractivity contribution in [2.45, 2.75) is 45.8 Å². The van der Waals surface area contributed by atoms with Gasteiger partial charge >= 0.3 is 0 Å². The summed E-state index contributed by atoms with van der Waals surface area (Å²) in [5.74, 6) is 0.198. The highest BCUT2D eigenvalue weighted by Gasteiger charge is 2.25. The second-order valence-electron chi connectivity index (χ2n) is 5.31. The number of aryl methyl sites for hydroxylation is 2. The van der Waals surface area contributed by atoms with Gasteiger partial charge in [0.15, 0.2) is 0 Å². The minimum absolute atomic E-state index is 0.198. The lowest BCUT2D eigenvalue weighted by Crippen LogP contribution is -2.03. The molecule has 6 heteroatoms. The third kappa shape index (κ3) is 2.74. The highest BCUT2D eigenvalue weighted by atomic mass is 35.5. The zero-order valence-electron chi connectivity index (χ0n) is 12.3. The summed E-state index contributed by atoms with van der Waals surface area (Å²) in [6.07, 6.45) is 3.76. The summed E-state index contributed by atoms with van der Waals surface area (Å²) in [6, 6.07) is 0. The first-order chi connectivity index (χ1) is 9.45. The number of hydrogen-bond donors (Lipinski definition) is 1. The fourth-order valence-electron chi connectivity index (χ4n) is 2.26. The van der Waals surface area contributed by atoms with Gasteiger partial charge in [-0.3, -0.25) is 9.36 Å². The Hall–Kier alpha value is -1.33. The Morgan fingerprint density at radius 1 is 1.40 bits per heavy atom. The van der Waals surface area contributed by atoms with E-state index in [4.69, 9.17) is 11.6 Å². The summed E-state index contributed by atoms with van der Waals surface area (Å²) in [5.41, 5.74) is 2.25. The van der Waals surface area contributed by atoms with Gasteiger partial charge in [0.1, 0.15) is 11.3 Å². The van der Waals surface area contributed by atoms with E-state index in [9.17, 15) is 5.11 Å². The fourth-order valence-corrected chi connectivity index (χ4v) is 2.50. The standard InChI is InChI=1S/C14H21ClN4O/c1-5-6-19-8-10(7-16-19)13(20)11-12(9(2)3)17-18(4)14(11)15/h7-9,13,20H,5-6H2,1-4H3. The van der Waals surface area contributed by atoms with Gasteiger partial charge in [0.25, 0.3) is 0 Å². The van der Waals surface area contributed by atoms with Crippen LogP contribution < -0.4 is 0 Å². The molecule has 0 saturated heterocycles. The first kappa shape index (κ1) is 15.1. The largest absolute Gasteiger partial charge is 0.383 e. The molecule has 0 aliphatic carbocycles. The van der Waals surface area contributed by atoms with Crippen LogP contribution in [0.15, 0.2) is 12.4 Å². The van der Waals surface area contributed by atoms with Gasteiger partial charge in [0.2, 0.25) is 0 Å². The summed E-state index contributed by atoms with van der Waals surface area (Å²) in [5, 5.41) is 19.7. The van der Waals surface area contributed by atoms with Gasteiger partial charge in [-0.25, -0.2) is 0 Å². The fraction of sp³-hybridized carbons (Fsp3) is 0.571. The molecule has 5 nitrogen and oxygen atoms in total. The molecule has 2 rings (SSSR count). The normalized spacial score (nSPS) is 13.2. The van der Waals surface area contributed by atoms with Crippen LogP contribution in [0.5, 0.6) is 0 Å². The lowest BCUT2D eigenvalue weighted by Gasteiger charge is -2.11. The maximum absolute atomic E-state index is 10.6. The average Bonchev–Trinajstić information content (AvgIpc) is 2.96. The van der Waals surface area contributed by atoms with Gasteiger partial charge < -0.3 is 5.11 Å². The van der Waals surface area contributed by atoms with E-state index in [1.165, 1.54) is 0 Å². The molecular formula is C14H21ClN4O. The summed E-state index contributed by atoms with van der Waals surface area (Å²) in [4.78, 5) is 0. The number of aromatic nitrogens is 4. The minimum Gasteiger partial charge on any atom is -0.383 e. The maximum Gasteiger partial charge on any atom is 0.133 e. The second-order valence-corrected chi connectivity index (χ2v) is 5.67. The van der Waals surface area contributed by atoms with Crippen LogP contribution in [0.3, 0.4) is 0 Å². The number of aliphatic hydroxyl groups excluding tert-OH is 1. The van der Waals surface area contributed by atoms with Gasteiger partial charge in [-0.05, 0) is 12.3 Å². The highest BCUT2D eigenvalue weighted by molar-refractivity contribution is 6.30. The van der Waals surface area contributed by atoms with E-state index in [0.29, 0.717) is 10.7 Å². The maximum atomic E-state index is 10.6. The topological polar surface area (TPSA) is 55.9 Å². The van der Waals surface area contributed by atoms with Gasteiger partial charge in [-0.2, -0.15) is 10.2 Å². The SMILES string of the molecule is CCCn1cc(C(O)c2c(C(C)C)nn(C)c2Cl)cn1. The van der Waals surface area contributed by atoms with Crippen molar-refractivity contribution in [1.82, 2.24) is 19.6 Å². The van der Waals surface area contributed by atoms with E-state index in [-0.39, 0.29) is 5.92 Å². The molecule has 0 bridgehead atoms. The van der Waals surface area contributed by atoms with Crippen molar-refractivity contribution in [1.29, 1.82) is 0 Å². The summed E-state index contributed by atoms with van der Waals surface area (Å²) < 4.78 is 3.43. The molecule has 110 valence electrons. The third-order valence-corrected chi connectivity index (χ3v) is 3.73. The summed E-state index contributed by atoms with van der Waals surface area (Å²) in [7, 11) is 1.78. The lowest BCUT2D eigenvalue weighted by atomic mass is 9.99. The predicted molar refractivity (Wildman–Crippen MR) is 78.9 cm³/mol. The molecular weight excluding hydrogens is 276 g/mol. The van der Waals surface area contributed by atoms with Gasteiger partial charge in [-0.1, -0.05) is 32.4 Å². The van der Waals surface area contributed by atoms with Gasteiger partial charge in [0, 0.05) is 30.9 Å². The summed E-state index contributed by atoms with van der Waals surface area (Å²) >= 11 is 6.28. The highest BCUT2D eigenvalue weighted by Crippen LogP contribution is 2.34. The smallest absolute Gasteiger partial charge is 0.133 e. The zero-order valence-corrected chi connectivity index (χ0v) is 13.1. The van der Waals surface area contributed by atoms with Crippen LogP contribution in [0.25, 0.3) is 0 Å². The van der Waals surface area contributed by atoms with E-state index in [0.717, 1.165) is 24.2 Å². The van der Waals surface area contributed by atoms with Crippen molar-refractivity contribution < 1.29 is 5.11 Å². The van der Waals surface area contributed by atoms with Crippen molar-refractivity contribution in [3.63, 3.8) is 0 Å². The molecule has 2 aromatic rings. The van der Waals surface area contributed by atoms with Gasteiger partial charge in [0.05, 0.1) is 11.9 Å². The Kier molecular flexibility index (Phi) is 4.50. The van der Waals surface area contributed by atoms with Crippen molar-refractivity contribution >= 4 is 11.6 Å². The molecule has 20 heavy (non-hydrogen) atoms. The van der Waals surface area contributed by atoms with Crippen molar-refractivity contribution in [3.05, 3.63) is 34.4 Å². The predicted octanol–water partition coefficient (Wildman–Crippen LogP) is 2.89. The van der Waals surface area contributed by atoms with Crippen molar-refractivity contribution in [2.24, 2.45) is 7.05 Å². The van der Waals surface area contributed by atoms with E-state index in [1.54, 1.807) is 17.9 Å². The van der Waals surface area contributed by atoms with E-state index in [2.05, 4.69) is 17.1 Å². The molecule has 0 spiro atoms. The lowest BCUT2D eigenvalue weighted by molar-refractivity contribution is 0.218. The molecule has 0 amide bonds.